The number of H-pyrrole nitrogens is 1. The van der Waals surface area contributed by atoms with E-state index in [1.807, 2.05) is 182 Å². The third-order valence-corrected chi connectivity index (χ3v) is 27.7. The first-order valence-electron chi connectivity index (χ1n) is 49.5. The third-order valence-electron chi connectivity index (χ3n) is 27.6. The molecule has 0 amide bonds. The first-order chi connectivity index (χ1) is 71.1. The number of carbonyl (C=O) groups excluding carboxylic acids is 5. The second-order valence-corrected chi connectivity index (χ2v) is 37.2. The van der Waals surface area contributed by atoms with Crippen LogP contribution in [0.2, 0.25) is 0 Å². The van der Waals surface area contributed by atoms with Crippen LogP contribution in [0.3, 0.4) is 0 Å². The minimum atomic E-state index is -4.76. The summed E-state index contributed by atoms with van der Waals surface area (Å²) >= 11 is 5.27. The summed E-state index contributed by atoms with van der Waals surface area (Å²) in [6.45, 7) is -1.07. The van der Waals surface area contributed by atoms with Crippen LogP contribution in [-0.4, -0.2) is 143 Å². The van der Waals surface area contributed by atoms with E-state index in [0.29, 0.717) is 64.2 Å². The van der Waals surface area contributed by atoms with Gasteiger partial charge in [0.25, 0.3) is 17.6 Å². The summed E-state index contributed by atoms with van der Waals surface area (Å²) in [4.78, 5) is 75.8. The number of nitrogens with one attached hydrogen (secondary N) is 1. The van der Waals surface area contributed by atoms with Crippen molar-refractivity contribution in [1.29, 1.82) is 0 Å². The van der Waals surface area contributed by atoms with Gasteiger partial charge in [-0.3, -0.25) is 14.4 Å². The minimum absolute atomic E-state index is 0.00463. The van der Waals surface area contributed by atoms with Gasteiger partial charge in [0.05, 0.1) is 17.8 Å². The van der Waals surface area contributed by atoms with E-state index < -0.39 is 61.7 Å². The molecule has 9 aromatic carbocycles. The van der Waals surface area contributed by atoms with Crippen LogP contribution in [0.1, 0.15) is 273 Å². The smallest absolute Gasteiger partial charge is 0.476 e. The van der Waals surface area contributed by atoms with Gasteiger partial charge in [-0.05, 0) is 220 Å². The van der Waals surface area contributed by atoms with Gasteiger partial charge < -0.3 is 57.2 Å². The van der Waals surface area contributed by atoms with Crippen LogP contribution in [0.15, 0.2) is 255 Å². The number of halogens is 10. The molecule has 0 radical (unpaired) electrons. The van der Waals surface area contributed by atoms with Crippen LogP contribution in [0, 0.1) is 17.8 Å². The van der Waals surface area contributed by atoms with Crippen molar-refractivity contribution >= 4 is 47.4 Å². The fourth-order valence-electron chi connectivity index (χ4n) is 20.4. The van der Waals surface area contributed by atoms with Crippen molar-refractivity contribution in [2.75, 3.05) is 19.7 Å². The predicted molar refractivity (Wildman–Crippen MR) is 518 cm³/mol. The summed E-state index contributed by atoms with van der Waals surface area (Å²) in [7, 11) is 0. The Morgan fingerprint density at radius 1 is 0.320 bits per heavy atom. The van der Waals surface area contributed by atoms with Crippen molar-refractivity contribution in [2.24, 2.45) is 17.8 Å². The molecule has 776 valence electrons. The number of alkyl halides is 10. The Hall–Kier alpha value is -14.3. The highest BCUT2D eigenvalue weighted by molar-refractivity contribution is 6.17. The number of rotatable bonds is 31. The number of benzene rings is 9. The van der Waals surface area contributed by atoms with Crippen LogP contribution in [0.25, 0.3) is 0 Å². The second-order valence-electron chi connectivity index (χ2n) is 37.0. The predicted octanol–water partition coefficient (Wildman–Crippen LogP) is 24.5. The molecule has 0 atom stereocenters. The summed E-state index contributed by atoms with van der Waals surface area (Å²) in [5, 5.41) is 38.4. The van der Waals surface area contributed by atoms with Crippen LogP contribution in [-0.2, 0) is 49.1 Å². The normalized spacial score (nSPS) is 18.5. The Bertz CT molecular complexity index is 5990. The van der Waals surface area contributed by atoms with Gasteiger partial charge in [-0.1, -0.05) is 319 Å². The monoisotopic (exact) mass is 2050 g/mol. The fraction of sp³-hybridized carbons (Fsp3) is 0.400. The zero-order valence-corrected chi connectivity index (χ0v) is 81.2. The number of hydrogen-bond acceptors (Lipinski definition) is 23. The Kier molecular flexibility index (Phi) is 36.9. The molecule has 18 rings (SSSR count). The summed E-state index contributed by atoms with van der Waals surface area (Å²) < 4.78 is 172. The summed E-state index contributed by atoms with van der Waals surface area (Å²) in [5.41, 5.74) is 4.87. The highest BCUT2D eigenvalue weighted by atomic mass is 35.5. The lowest BCUT2D eigenvalue weighted by molar-refractivity contribution is -0.275. The first-order valence-corrected chi connectivity index (χ1v) is 50.0. The van der Waals surface area contributed by atoms with Crippen LogP contribution < -0.4 is 28.4 Å². The summed E-state index contributed by atoms with van der Waals surface area (Å²) in [6.07, 6.45) is 7.62. The van der Waals surface area contributed by atoms with Gasteiger partial charge in [0.1, 0.15) is 46.6 Å². The average molecular weight is 2060 g/mol. The van der Waals surface area contributed by atoms with E-state index in [0.717, 1.165) is 153 Å². The first kappa shape index (κ1) is 107. The van der Waals surface area contributed by atoms with E-state index in [-0.39, 0.29) is 130 Å². The molecule has 3 aromatic heterocycles. The van der Waals surface area contributed by atoms with Crippen molar-refractivity contribution < 1.29 is 125 Å². The molecule has 37 heteroatoms. The number of carboxylic acids is 1. The van der Waals surface area contributed by atoms with Crippen molar-refractivity contribution in [3.8, 4) is 34.9 Å². The number of aromatic carboxylic acids is 1. The lowest BCUT2D eigenvalue weighted by atomic mass is 9.77. The number of nitrogens with zero attached hydrogens (tertiary/aromatic N) is 8. The molecule has 6 aliphatic carbocycles. The molecule has 12 aromatic rings. The highest BCUT2D eigenvalue weighted by Gasteiger charge is 2.48. The summed E-state index contributed by atoms with van der Waals surface area (Å²) in [6, 6.07) is 75.6. The van der Waals surface area contributed by atoms with Crippen molar-refractivity contribution in [2.45, 2.75) is 240 Å². The Morgan fingerprint density at radius 2 is 0.592 bits per heavy atom. The topological polar surface area (TPSA) is 327 Å². The van der Waals surface area contributed by atoms with E-state index in [4.69, 9.17) is 49.5 Å². The Morgan fingerprint density at radius 3 is 0.878 bits per heavy atom. The van der Waals surface area contributed by atoms with Crippen molar-refractivity contribution in [3.05, 3.63) is 322 Å². The molecule has 0 unspecified atom stereocenters. The molecular formula is C110H113ClF9N9O18. The van der Waals surface area contributed by atoms with Gasteiger partial charge in [0.2, 0.25) is 30.7 Å². The maximum absolute atomic E-state index is 14.4. The quantitative estimate of drug-likeness (QED) is 0.0102. The standard InChI is InChI=1S/C43H42F3N3O6.C35H30F3N3O4.C24H28F3N3O6.C8H13ClO2/c44-43(45,46)55-37-27-23-31(24-28-37)30-21-25-36(26-22-30)54-39-38(41(51)53-29-52-40(50)32-13-5-1-6-14-32)49(48-47-39)42(33-15-7-2-8-16-33,34-17-9-3-10-18-34)35-19-11-4-12-20-35;36-35(37,38)45-30-22-18-25(19-23-30)24-16-20-29(21-17-24)44-32-31(33(42)43)41(40-39-32)34(26-10-4-1-5-11-26,27-12-6-2-7-13-27)28-14-8-3-9-15-28;25-24(26,27)36-19-12-8-16(9-13-19)15-6-10-18(11-7-15)35-21-20(28-30-29-21)23(32)34-14-33-22(31)17-4-2-1-3-5-17;9-6-11-8(10)7-4-2-1-3-5-7/h2-4,7-12,15-20,23-24,27-28,30,32,36H,1,5-6,13-14,21-22,25-26,29H2;1-15,18-19,22-24,29H,16-17,20-21H2,(H,42,43);8-9,12-13,15,17-18H,1-7,10-11,14H2,(H,28,29,30);7H,1-6H2. The fourth-order valence-corrected chi connectivity index (χ4v) is 20.6. The largest absolute Gasteiger partial charge is 0.573 e. The lowest BCUT2D eigenvalue weighted by Crippen LogP contribution is -2.41. The zero-order valence-electron chi connectivity index (χ0n) is 80.4. The maximum Gasteiger partial charge on any atom is 0.573 e. The molecule has 6 fully saturated rings. The average Bonchev–Trinajstić information content (AvgIpc) is 1.64. The van der Waals surface area contributed by atoms with E-state index >= 15 is 0 Å². The van der Waals surface area contributed by atoms with Crippen LogP contribution >= 0.6 is 11.6 Å². The van der Waals surface area contributed by atoms with Gasteiger partial charge in [0, 0.05) is 0 Å². The molecule has 3 heterocycles. The number of aromatic amines is 1. The Labute approximate surface area is 847 Å². The SMILES string of the molecule is O=C(O)c1c(OC2CCC(c3ccc(OC(F)(F)F)cc3)CC2)nnn1C(c1ccccc1)(c1ccccc1)c1ccccc1.O=C(OCCl)C1CCCCC1.O=C(OCOC(=O)C1CCCCC1)c1[nH]nnc1OC1CCC(c2ccc(OC(F)(F)F)cc2)CC1.O=C(OCOC(=O)C1CCCCC1)c1c(OC2CCC(c3ccc(OC(F)(F)F)cc3)CC2)nnn1C(c1ccccc1)(c1ccccc1)c1ccccc1. The molecule has 2 N–H and O–H groups in total. The number of ether oxygens (including phenoxy) is 11. The minimum Gasteiger partial charge on any atom is -0.476 e. The number of esters is 5. The molecule has 147 heavy (non-hydrogen) atoms. The van der Waals surface area contributed by atoms with Crippen molar-refractivity contribution in [3.63, 3.8) is 0 Å². The van der Waals surface area contributed by atoms with Gasteiger partial charge in [0.15, 0.2) is 6.07 Å². The van der Waals surface area contributed by atoms with E-state index in [9.17, 15) is 73.4 Å². The number of carbonyl (C=O) groups is 6. The number of hydrogen-bond donors (Lipinski definition) is 2. The number of carboxylic acid groups (broad SMARTS) is 1. The highest BCUT2D eigenvalue weighted by Crippen LogP contribution is 2.48. The zero-order chi connectivity index (χ0) is 103. The van der Waals surface area contributed by atoms with Gasteiger partial charge in [-0.2, -0.15) is 0 Å². The van der Waals surface area contributed by atoms with E-state index in [2.05, 4.69) is 50.2 Å². The third kappa shape index (κ3) is 28.3. The lowest BCUT2D eigenvalue weighted by Gasteiger charge is -2.36. The van der Waals surface area contributed by atoms with Gasteiger partial charge >= 0.3 is 54.9 Å². The number of aromatic nitrogens is 9. The molecule has 0 spiro atoms. The molecule has 6 saturated carbocycles. The molecular weight excluding hydrogens is 1940 g/mol. The molecule has 0 bridgehead atoms. The summed E-state index contributed by atoms with van der Waals surface area (Å²) in [5.74, 6) is -4.39. The van der Waals surface area contributed by atoms with E-state index in [1.165, 1.54) is 47.5 Å². The molecule has 6 aliphatic rings. The molecule has 0 saturated heterocycles. The maximum atomic E-state index is 14.4. The molecule has 27 nitrogen and oxygen atoms in total. The van der Waals surface area contributed by atoms with Crippen molar-refractivity contribution in [1.82, 2.24) is 45.4 Å². The van der Waals surface area contributed by atoms with Crippen LogP contribution in [0.4, 0.5) is 39.5 Å². The molecule has 0 aliphatic heterocycles. The Balaban J connectivity index is 0.000000160. The second kappa shape index (κ2) is 50.7. The van der Waals surface area contributed by atoms with Crippen LogP contribution in [0.5, 0.6) is 34.9 Å². The van der Waals surface area contributed by atoms with E-state index in [1.54, 1.807) is 41.1 Å². The van der Waals surface area contributed by atoms with Gasteiger partial charge in [-0.15, -0.1) is 39.5 Å². The van der Waals surface area contributed by atoms with Gasteiger partial charge in [-0.25, -0.2) is 28.8 Å².